The SMILES string of the molecule is O=C(c1cccnc1N1CCOC(c2ccc(F)cc2)C1)N1CCCC1. The van der Waals surface area contributed by atoms with Crippen molar-refractivity contribution in [1.82, 2.24) is 9.88 Å². The largest absolute Gasteiger partial charge is 0.370 e. The average molecular weight is 355 g/mol. The van der Waals surface area contributed by atoms with Crippen molar-refractivity contribution >= 4 is 11.7 Å². The third kappa shape index (κ3) is 3.42. The summed E-state index contributed by atoms with van der Waals surface area (Å²) in [4.78, 5) is 21.4. The smallest absolute Gasteiger partial charge is 0.257 e. The van der Waals surface area contributed by atoms with Crippen molar-refractivity contribution in [3.05, 3.63) is 59.5 Å². The fraction of sp³-hybridized carbons (Fsp3) is 0.400. The number of hydrogen-bond donors (Lipinski definition) is 0. The molecule has 1 atom stereocenters. The van der Waals surface area contributed by atoms with E-state index in [-0.39, 0.29) is 17.8 Å². The number of anilines is 1. The van der Waals surface area contributed by atoms with Gasteiger partial charge in [0.2, 0.25) is 0 Å². The Hall–Kier alpha value is -2.47. The van der Waals surface area contributed by atoms with E-state index in [0.717, 1.165) is 31.5 Å². The molecule has 2 aliphatic heterocycles. The quantitative estimate of drug-likeness (QED) is 0.849. The van der Waals surface area contributed by atoms with Crippen LogP contribution in [0, 0.1) is 5.82 Å². The summed E-state index contributed by atoms with van der Waals surface area (Å²) in [6.45, 7) is 3.43. The fourth-order valence-electron chi connectivity index (χ4n) is 3.63. The van der Waals surface area contributed by atoms with Crippen molar-refractivity contribution < 1.29 is 13.9 Å². The first-order chi connectivity index (χ1) is 12.7. The molecule has 2 fully saturated rings. The maximum absolute atomic E-state index is 13.2. The predicted octanol–water partition coefficient (Wildman–Crippen LogP) is 3.03. The summed E-state index contributed by atoms with van der Waals surface area (Å²) in [5.41, 5.74) is 1.58. The molecule has 2 aliphatic rings. The molecular formula is C20H22FN3O2. The molecule has 3 heterocycles. The summed E-state index contributed by atoms with van der Waals surface area (Å²) in [6.07, 6.45) is 3.68. The Morgan fingerprint density at radius 2 is 1.88 bits per heavy atom. The Labute approximate surface area is 152 Å². The number of likely N-dealkylation sites (tertiary alicyclic amines) is 1. The van der Waals surface area contributed by atoms with E-state index in [2.05, 4.69) is 9.88 Å². The van der Waals surface area contributed by atoms with Crippen LogP contribution in [0.1, 0.15) is 34.9 Å². The molecule has 5 nitrogen and oxygen atoms in total. The molecule has 2 aromatic rings. The van der Waals surface area contributed by atoms with Crippen LogP contribution in [0.5, 0.6) is 0 Å². The normalized spacial score (nSPS) is 20.4. The maximum Gasteiger partial charge on any atom is 0.257 e. The van der Waals surface area contributed by atoms with Crippen LogP contribution in [-0.4, -0.2) is 48.6 Å². The van der Waals surface area contributed by atoms with Gasteiger partial charge >= 0.3 is 0 Å². The summed E-state index contributed by atoms with van der Waals surface area (Å²) < 4.78 is 19.1. The molecular weight excluding hydrogens is 333 g/mol. The van der Waals surface area contributed by atoms with Crippen molar-refractivity contribution in [2.75, 3.05) is 37.7 Å². The van der Waals surface area contributed by atoms with Crippen molar-refractivity contribution in [2.24, 2.45) is 0 Å². The first-order valence-electron chi connectivity index (χ1n) is 9.09. The van der Waals surface area contributed by atoms with Gasteiger partial charge < -0.3 is 14.5 Å². The van der Waals surface area contributed by atoms with Crippen LogP contribution in [0.25, 0.3) is 0 Å². The van der Waals surface area contributed by atoms with E-state index in [1.807, 2.05) is 17.0 Å². The second-order valence-electron chi connectivity index (χ2n) is 6.73. The molecule has 136 valence electrons. The molecule has 6 heteroatoms. The van der Waals surface area contributed by atoms with Crippen LogP contribution in [0.4, 0.5) is 10.2 Å². The number of rotatable bonds is 3. The van der Waals surface area contributed by atoms with Gasteiger partial charge in [-0.15, -0.1) is 0 Å². The van der Waals surface area contributed by atoms with Gasteiger partial charge in [0.05, 0.1) is 12.2 Å². The highest BCUT2D eigenvalue weighted by molar-refractivity contribution is 5.99. The number of morpholine rings is 1. The topological polar surface area (TPSA) is 45.7 Å². The summed E-state index contributed by atoms with van der Waals surface area (Å²) in [5.74, 6) is 0.500. The predicted molar refractivity (Wildman–Crippen MR) is 96.7 cm³/mol. The molecule has 1 aromatic heterocycles. The molecule has 0 N–H and O–H groups in total. The molecule has 1 amide bonds. The van der Waals surface area contributed by atoms with E-state index in [1.54, 1.807) is 18.3 Å². The Kier molecular flexibility index (Phi) is 4.84. The number of nitrogens with zero attached hydrogens (tertiary/aromatic N) is 3. The number of ether oxygens (including phenoxy) is 1. The summed E-state index contributed by atoms with van der Waals surface area (Å²) >= 11 is 0. The third-order valence-corrected chi connectivity index (χ3v) is 5.02. The van der Waals surface area contributed by atoms with Crippen LogP contribution >= 0.6 is 0 Å². The highest BCUT2D eigenvalue weighted by Gasteiger charge is 2.28. The highest BCUT2D eigenvalue weighted by Crippen LogP contribution is 2.28. The number of pyridine rings is 1. The molecule has 0 saturated carbocycles. The van der Waals surface area contributed by atoms with Gasteiger partial charge in [-0.3, -0.25) is 4.79 Å². The van der Waals surface area contributed by atoms with Crippen molar-refractivity contribution in [2.45, 2.75) is 18.9 Å². The lowest BCUT2D eigenvalue weighted by molar-refractivity contribution is 0.0393. The zero-order valence-corrected chi connectivity index (χ0v) is 14.6. The Morgan fingerprint density at radius 1 is 1.12 bits per heavy atom. The van der Waals surface area contributed by atoms with Crippen molar-refractivity contribution in [3.63, 3.8) is 0 Å². The Balaban J connectivity index is 1.57. The first-order valence-corrected chi connectivity index (χ1v) is 9.09. The van der Waals surface area contributed by atoms with Crippen LogP contribution in [0.3, 0.4) is 0 Å². The zero-order chi connectivity index (χ0) is 17.9. The van der Waals surface area contributed by atoms with E-state index >= 15 is 0 Å². The molecule has 1 aromatic carbocycles. The van der Waals surface area contributed by atoms with E-state index < -0.39 is 0 Å². The van der Waals surface area contributed by atoms with Gasteiger partial charge in [0.15, 0.2) is 0 Å². The van der Waals surface area contributed by atoms with E-state index in [4.69, 9.17) is 4.74 Å². The van der Waals surface area contributed by atoms with Crippen LogP contribution in [0.15, 0.2) is 42.6 Å². The molecule has 4 rings (SSSR count). The Morgan fingerprint density at radius 3 is 2.65 bits per heavy atom. The van der Waals surface area contributed by atoms with Gasteiger partial charge in [0.1, 0.15) is 17.7 Å². The number of benzene rings is 1. The molecule has 0 aliphatic carbocycles. The minimum absolute atomic E-state index is 0.0513. The zero-order valence-electron chi connectivity index (χ0n) is 14.6. The number of carbonyl (C=O) groups is 1. The van der Waals surface area contributed by atoms with Crippen molar-refractivity contribution in [1.29, 1.82) is 0 Å². The minimum atomic E-state index is -0.260. The fourth-order valence-corrected chi connectivity index (χ4v) is 3.63. The molecule has 26 heavy (non-hydrogen) atoms. The standard InChI is InChI=1S/C20H22FN3O2/c21-16-7-5-15(6-8-16)18-14-24(12-13-26-18)19-17(4-3-9-22-19)20(25)23-10-1-2-11-23/h3-9,18H,1-2,10-14H2. The van der Waals surface area contributed by atoms with Gasteiger partial charge in [-0.1, -0.05) is 12.1 Å². The monoisotopic (exact) mass is 355 g/mol. The lowest BCUT2D eigenvalue weighted by atomic mass is 10.1. The van der Waals surface area contributed by atoms with Gasteiger partial charge in [0.25, 0.3) is 5.91 Å². The lowest BCUT2D eigenvalue weighted by Gasteiger charge is -2.35. The number of amides is 1. The van der Waals surface area contributed by atoms with Crippen LogP contribution in [-0.2, 0) is 4.74 Å². The number of carbonyl (C=O) groups excluding carboxylic acids is 1. The van der Waals surface area contributed by atoms with Gasteiger partial charge in [0, 0.05) is 32.4 Å². The minimum Gasteiger partial charge on any atom is -0.370 e. The average Bonchev–Trinajstić information content (AvgIpc) is 3.23. The lowest BCUT2D eigenvalue weighted by Crippen LogP contribution is -2.40. The molecule has 0 bridgehead atoms. The Bertz CT molecular complexity index is 775. The third-order valence-electron chi connectivity index (χ3n) is 5.02. The number of halogens is 1. The van der Waals surface area contributed by atoms with E-state index in [9.17, 15) is 9.18 Å². The molecule has 0 radical (unpaired) electrons. The summed E-state index contributed by atoms with van der Waals surface area (Å²) in [5, 5.41) is 0. The second kappa shape index (κ2) is 7.41. The highest BCUT2D eigenvalue weighted by atomic mass is 19.1. The van der Waals surface area contributed by atoms with Gasteiger partial charge in [-0.05, 0) is 42.7 Å². The molecule has 2 saturated heterocycles. The maximum atomic E-state index is 13.2. The summed E-state index contributed by atoms with van der Waals surface area (Å²) in [7, 11) is 0. The van der Waals surface area contributed by atoms with Crippen LogP contribution < -0.4 is 4.90 Å². The summed E-state index contributed by atoms with van der Waals surface area (Å²) in [6, 6.07) is 10.0. The second-order valence-corrected chi connectivity index (χ2v) is 6.73. The van der Waals surface area contributed by atoms with Crippen molar-refractivity contribution in [3.8, 4) is 0 Å². The molecule has 1 unspecified atom stereocenters. The molecule has 0 spiro atoms. The van der Waals surface area contributed by atoms with E-state index in [0.29, 0.717) is 31.1 Å². The van der Waals surface area contributed by atoms with Gasteiger partial charge in [-0.25, -0.2) is 9.37 Å². The first kappa shape index (κ1) is 17.0. The number of hydrogen-bond acceptors (Lipinski definition) is 4. The van der Waals surface area contributed by atoms with E-state index in [1.165, 1.54) is 12.1 Å². The van der Waals surface area contributed by atoms with Gasteiger partial charge in [-0.2, -0.15) is 0 Å². The van der Waals surface area contributed by atoms with Crippen LogP contribution in [0.2, 0.25) is 0 Å². The number of aromatic nitrogens is 1.